The number of nitrogens with zero attached hydrogens (tertiary/aromatic N) is 6. The molecule has 148 valence electrons. The molecule has 2 fully saturated rings. The van der Waals surface area contributed by atoms with Crippen LogP contribution < -0.4 is 14.7 Å². The maximum atomic E-state index is 4.97. The van der Waals surface area contributed by atoms with E-state index >= 15 is 0 Å². The number of aromatic nitrogens is 3. The minimum atomic E-state index is 0.842. The van der Waals surface area contributed by atoms with Gasteiger partial charge >= 0.3 is 0 Å². The van der Waals surface area contributed by atoms with Gasteiger partial charge < -0.3 is 14.7 Å². The first-order chi connectivity index (χ1) is 14.4. The highest BCUT2D eigenvalue weighted by molar-refractivity contribution is 5.65. The van der Waals surface area contributed by atoms with E-state index in [1.807, 2.05) is 24.4 Å². The molecule has 0 saturated carbocycles. The fraction of sp³-hybridized carbons (Fsp3) is 0.348. The van der Waals surface area contributed by atoms with Crippen LogP contribution in [0.1, 0.15) is 12.8 Å². The van der Waals surface area contributed by atoms with Gasteiger partial charge in [0.1, 0.15) is 11.6 Å². The predicted molar refractivity (Wildman–Crippen MR) is 118 cm³/mol. The summed E-state index contributed by atoms with van der Waals surface area (Å²) in [5, 5.41) is 0. The molecule has 6 heteroatoms. The molecule has 4 heterocycles. The molecule has 0 N–H and O–H groups in total. The SMILES string of the molecule is c1ccc(-c2cc(N3CCCC3)nc(N3CCN(c4ccccn4)CC3)n2)cc1. The normalized spacial score (nSPS) is 17.0. The molecule has 0 unspecified atom stereocenters. The lowest BCUT2D eigenvalue weighted by atomic mass is 10.1. The van der Waals surface area contributed by atoms with Gasteiger partial charge in [0.05, 0.1) is 5.69 Å². The van der Waals surface area contributed by atoms with Crippen molar-refractivity contribution in [2.45, 2.75) is 12.8 Å². The first kappa shape index (κ1) is 17.9. The first-order valence-electron chi connectivity index (χ1n) is 10.5. The molecule has 0 spiro atoms. The third-order valence-electron chi connectivity index (χ3n) is 5.74. The van der Waals surface area contributed by atoms with Crippen LogP contribution in [-0.4, -0.2) is 54.2 Å². The van der Waals surface area contributed by atoms with Crippen LogP contribution >= 0.6 is 0 Å². The van der Waals surface area contributed by atoms with Gasteiger partial charge in [-0.2, -0.15) is 4.98 Å². The summed E-state index contributed by atoms with van der Waals surface area (Å²) in [7, 11) is 0. The van der Waals surface area contributed by atoms with E-state index in [4.69, 9.17) is 9.97 Å². The van der Waals surface area contributed by atoms with Crippen LogP contribution in [0.5, 0.6) is 0 Å². The Labute approximate surface area is 171 Å². The molecule has 2 saturated heterocycles. The third kappa shape index (κ3) is 3.88. The summed E-state index contributed by atoms with van der Waals surface area (Å²) >= 11 is 0. The van der Waals surface area contributed by atoms with Crippen LogP contribution in [0, 0.1) is 0 Å². The lowest BCUT2D eigenvalue weighted by Gasteiger charge is -2.35. The summed E-state index contributed by atoms with van der Waals surface area (Å²) in [6.45, 7) is 5.81. The van der Waals surface area contributed by atoms with Crippen LogP contribution in [0.4, 0.5) is 17.6 Å². The predicted octanol–water partition coefficient (Wildman–Crippen LogP) is 3.47. The molecule has 2 aromatic heterocycles. The lowest BCUT2D eigenvalue weighted by molar-refractivity contribution is 0.634. The lowest BCUT2D eigenvalue weighted by Crippen LogP contribution is -2.47. The van der Waals surface area contributed by atoms with Crippen molar-refractivity contribution in [3.8, 4) is 11.3 Å². The number of hydrogen-bond acceptors (Lipinski definition) is 6. The zero-order valence-electron chi connectivity index (χ0n) is 16.6. The number of pyridine rings is 1. The van der Waals surface area contributed by atoms with E-state index in [0.29, 0.717) is 0 Å². The van der Waals surface area contributed by atoms with Crippen LogP contribution in [-0.2, 0) is 0 Å². The van der Waals surface area contributed by atoms with Crippen molar-refractivity contribution in [3.05, 3.63) is 60.8 Å². The number of benzene rings is 1. The highest BCUT2D eigenvalue weighted by Crippen LogP contribution is 2.27. The highest BCUT2D eigenvalue weighted by Gasteiger charge is 2.23. The topological polar surface area (TPSA) is 48.4 Å². The molecule has 5 rings (SSSR count). The summed E-state index contributed by atoms with van der Waals surface area (Å²) in [6, 6.07) is 18.7. The van der Waals surface area contributed by atoms with Crippen molar-refractivity contribution >= 4 is 17.6 Å². The molecule has 0 amide bonds. The maximum absolute atomic E-state index is 4.97. The Hall–Kier alpha value is -3.15. The third-order valence-corrected chi connectivity index (χ3v) is 5.74. The van der Waals surface area contributed by atoms with Gasteiger partial charge in [-0.3, -0.25) is 0 Å². The van der Waals surface area contributed by atoms with Crippen LogP contribution in [0.2, 0.25) is 0 Å². The molecule has 2 aliphatic heterocycles. The minimum Gasteiger partial charge on any atom is -0.356 e. The van der Waals surface area contributed by atoms with E-state index in [9.17, 15) is 0 Å². The van der Waals surface area contributed by atoms with Crippen LogP contribution in [0.3, 0.4) is 0 Å². The van der Waals surface area contributed by atoms with E-state index in [0.717, 1.165) is 68.1 Å². The van der Waals surface area contributed by atoms with Crippen LogP contribution in [0.25, 0.3) is 11.3 Å². The summed E-state index contributed by atoms with van der Waals surface area (Å²) in [5.41, 5.74) is 2.15. The minimum absolute atomic E-state index is 0.842. The van der Waals surface area contributed by atoms with Gasteiger partial charge in [-0.25, -0.2) is 9.97 Å². The summed E-state index contributed by atoms with van der Waals surface area (Å²) < 4.78 is 0. The molecule has 1 aromatic carbocycles. The van der Waals surface area contributed by atoms with Gasteiger partial charge in [0.25, 0.3) is 0 Å². The smallest absolute Gasteiger partial charge is 0.228 e. The second kappa shape index (κ2) is 8.07. The Balaban J connectivity index is 1.41. The Morgan fingerprint density at radius 2 is 1.31 bits per heavy atom. The van der Waals surface area contributed by atoms with Gasteiger partial charge in [0.2, 0.25) is 5.95 Å². The Morgan fingerprint density at radius 1 is 0.621 bits per heavy atom. The Morgan fingerprint density at radius 3 is 2.03 bits per heavy atom. The average Bonchev–Trinajstić information content (AvgIpc) is 3.35. The van der Waals surface area contributed by atoms with Crippen molar-refractivity contribution < 1.29 is 0 Å². The van der Waals surface area contributed by atoms with Gasteiger partial charge in [0.15, 0.2) is 0 Å². The quantitative estimate of drug-likeness (QED) is 0.684. The molecule has 0 atom stereocenters. The summed E-state index contributed by atoms with van der Waals surface area (Å²) in [6.07, 6.45) is 4.34. The molecule has 2 aliphatic rings. The largest absolute Gasteiger partial charge is 0.356 e. The van der Waals surface area contributed by atoms with E-state index < -0.39 is 0 Å². The highest BCUT2D eigenvalue weighted by atomic mass is 15.3. The molecule has 0 aliphatic carbocycles. The number of anilines is 3. The summed E-state index contributed by atoms with van der Waals surface area (Å²) in [4.78, 5) is 21.4. The van der Waals surface area contributed by atoms with Crippen molar-refractivity contribution in [2.24, 2.45) is 0 Å². The molecule has 0 radical (unpaired) electrons. The van der Waals surface area contributed by atoms with Gasteiger partial charge in [0, 0.05) is 57.1 Å². The Bertz CT molecular complexity index is 932. The second-order valence-electron chi connectivity index (χ2n) is 7.63. The Kier molecular flexibility index (Phi) is 4.99. The fourth-order valence-corrected chi connectivity index (χ4v) is 4.10. The standard InChI is InChI=1S/C23H26N6/c1-2-8-19(9-3-1)20-18-22(27-12-6-7-13-27)26-23(25-20)29-16-14-28(15-17-29)21-10-4-5-11-24-21/h1-5,8-11,18H,6-7,12-17H2. The van der Waals surface area contributed by atoms with Crippen molar-refractivity contribution in [1.82, 2.24) is 15.0 Å². The maximum Gasteiger partial charge on any atom is 0.228 e. The van der Waals surface area contributed by atoms with E-state index in [-0.39, 0.29) is 0 Å². The van der Waals surface area contributed by atoms with Gasteiger partial charge in [-0.15, -0.1) is 0 Å². The fourth-order valence-electron chi connectivity index (χ4n) is 4.10. The number of rotatable bonds is 4. The molecular weight excluding hydrogens is 360 g/mol. The average molecular weight is 387 g/mol. The van der Waals surface area contributed by atoms with Crippen molar-refractivity contribution in [1.29, 1.82) is 0 Å². The molecule has 0 bridgehead atoms. The van der Waals surface area contributed by atoms with Crippen molar-refractivity contribution in [2.75, 3.05) is 54.0 Å². The molecule has 6 nitrogen and oxygen atoms in total. The number of piperazine rings is 1. The molecular formula is C23H26N6. The van der Waals surface area contributed by atoms with E-state index in [2.05, 4.69) is 56.1 Å². The van der Waals surface area contributed by atoms with Crippen LogP contribution in [0.15, 0.2) is 60.8 Å². The van der Waals surface area contributed by atoms with E-state index in [1.165, 1.54) is 12.8 Å². The summed E-state index contributed by atoms with van der Waals surface area (Å²) in [5.74, 6) is 2.94. The molecule has 29 heavy (non-hydrogen) atoms. The molecule has 3 aromatic rings. The zero-order valence-corrected chi connectivity index (χ0v) is 16.6. The van der Waals surface area contributed by atoms with Gasteiger partial charge in [-0.1, -0.05) is 36.4 Å². The number of hydrogen-bond donors (Lipinski definition) is 0. The zero-order chi connectivity index (χ0) is 19.5. The second-order valence-corrected chi connectivity index (χ2v) is 7.63. The monoisotopic (exact) mass is 386 g/mol. The van der Waals surface area contributed by atoms with E-state index in [1.54, 1.807) is 0 Å². The van der Waals surface area contributed by atoms with Gasteiger partial charge in [-0.05, 0) is 25.0 Å². The van der Waals surface area contributed by atoms with Crippen molar-refractivity contribution in [3.63, 3.8) is 0 Å². The first-order valence-corrected chi connectivity index (χ1v) is 10.5.